The van der Waals surface area contributed by atoms with Crippen LogP contribution in [0.5, 0.6) is 0 Å². The van der Waals surface area contributed by atoms with Gasteiger partial charge in [-0.15, -0.1) is 0 Å². The second kappa shape index (κ2) is 5.46. The van der Waals surface area contributed by atoms with Gasteiger partial charge in [0.05, 0.1) is 18.2 Å². The fourth-order valence-corrected chi connectivity index (χ4v) is 1.16. The summed E-state index contributed by atoms with van der Waals surface area (Å²) in [6, 6.07) is 2.26. The predicted octanol–water partition coefficient (Wildman–Crippen LogP) is 0.387. The molecule has 0 fully saturated rings. The molecule has 88 valence electrons. The zero-order valence-corrected chi connectivity index (χ0v) is 9.27. The number of rotatable bonds is 4. The van der Waals surface area contributed by atoms with Crippen molar-refractivity contribution in [2.45, 2.75) is 19.9 Å². The van der Waals surface area contributed by atoms with Crippen LogP contribution >= 0.6 is 0 Å². The van der Waals surface area contributed by atoms with Crippen molar-refractivity contribution < 1.29 is 14.3 Å². The lowest BCUT2D eigenvalue weighted by molar-refractivity contribution is 0.0894. The number of aliphatic hydroxyl groups excluding tert-OH is 1. The molecule has 0 unspecified atom stereocenters. The molecule has 0 saturated carbocycles. The Hall–Kier alpha value is -1.62. The number of aliphatic hydroxyl groups is 1. The van der Waals surface area contributed by atoms with E-state index in [-0.39, 0.29) is 30.0 Å². The molecule has 0 saturated heterocycles. The monoisotopic (exact) mass is 225 g/mol. The van der Waals surface area contributed by atoms with E-state index in [1.807, 2.05) is 13.8 Å². The van der Waals surface area contributed by atoms with E-state index in [0.717, 1.165) is 6.26 Å². The molecule has 1 amide bonds. The first-order chi connectivity index (χ1) is 7.54. The molecular weight excluding hydrogens is 210 g/mol. The van der Waals surface area contributed by atoms with Crippen LogP contribution in [0.3, 0.4) is 0 Å². The van der Waals surface area contributed by atoms with Crippen LogP contribution in [0, 0.1) is 5.92 Å². The van der Waals surface area contributed by atoms with Gasteiger partial charge >= 0.3 is 5.63 Å². The third kappa shape index (κ3) is 3.20. The minimum Gasteiger partial charge on any atom is -0.430 e. The lowest BCUT2D eigenvalue weighted by atomic mass is 10.1. The van der Waals surface area contributed by atoms with E-state index in [9.17, 15) is 9.59 Å². The molecule has 0 aromatic carbocycles. The molecule has 16 heavy (non-hydrogen) atoms. The Labute approximate surface area is 93.1 Å². The van der Waals surface area contributed by atoms with Crippen molar-refractivity contribution in [1.29, 1.82) is 0 Å². The summed E-state index contributed by atoms with van der Waals surface area (Å²) in [5.74, 6) is -0.235. The third-order valence-electron chi connectivity index (χ3n) is 2.28. The number of carbonyl (C=O) groups is 1. The molecule has 0 aliphatic heterocycles. The van der Waals surface area contributed by atoms with E-state index in [2.05, 4.69) is 9.73 Å². The van der Waals surface area contributed by atoms with Crippen molar-refractivity contribution in [3.8, 4) is 0 Å². The molecule has 5 heteroatoms. The quantitative estimate of drug-likeness (QED) is 0.776. The Balaban J connectivity index is 2.71. The van der Waals surface area contributed by atoms with Gasteiger partial charge in [0.2, 0.25) is 0 Å². The van der Waals surface area contributed by atoms with Gasteiger partial charge in [-0.2, -0.15) is 0 Å². The van der Waals surface area contributed by atoms with Crippen LogP contribution in [-0.4, -0.2) is 23.7 Å². The first kappa shape index (κ1) is 12.4. The van der Waals surface area contributed by atoms with Crippen LogP contribution in [0.2, 0.25) is 0 Å². The molecule has 1 rings (SSSR count). The van der Waals surface area contributed by atoms with Crippen molar-refractivity contribution >= 4 is 5.91 Å². The summed E-state index contributed by atoms with van der Waals surface area (Å²) in [6.45, 7) is 3.67. The standard InChI is InChI=1S/C11H15NO4/c1-7(2)9(5-13)12-11(15)8-3-4-10(14)16-6-8/h3-4,6-7,9,13H,5H2,1-2H3,(H,12,15)/t9-/m1/s1. The number of nitrogens with one attached hydrogen (secondary N) is 1. The van der Waals surface area contributed by atoms with Crippen LogP contribution < -0.4 is 10.9 Å². The van der Waals surface area contributed by atoms with Crippen LogP contribution in [-0.2, 0) is 0 Å². The molecule has 5 nitrogen and oxygen atoms in total. The molecule has 1 heterocycles. The first-order valence-corrected chi connectivity index (χ1v) is 5.05. The van der Waals surface area contributed by atoms with Crippen molar-refractivity contribution in [1.82, 2.24) is 5.32 Å². The summed E-state index contributed by atoms with van der Waals surface area (Å²) in [4.78, 5) is 22.3. The van der Waals surface area contributed by atoms with Gasteiger partial charge in [0.15, 0.2) is 0 Å². The summed E-state index contributed by atoms with van der Waals surface area (Å²) in [5.41, 5.74) is -0.238. The Kier molecular flexibility index (Phi) is 4.25. The smallest absolute Gasteiger partial charge is 0.335 e. The Morgan fingerprint density at radius 2 is 2.19 bits per heavy atom. The van der Waals surface area contributed by atoms with E-state index in [1.165, 1.54) is 12.1 Å². The van der Waals surface area contributed by atoms with Crippen molar-refractivity contribution in [3.63, 3.8) is 0 Å². The van der Waals surface area contributed by atoms with Crippen molar-refractivity contribution in [2.75, 3.05) is 6.61 Å². The summed E-state index contributed by atoms with van der Waals surface area (Å²) in [6.07, 6.45) is 1.10. The van der Waals surface area contributed by atoms with E-state index < -0.39 is 5.63 Å². The molecule has 0 spiro atoms. The summed E-state index contributed by atoms with van der Waals surface area (Å²) in [5, 5.41) is 11.7. The predicted molar refractivity (Wildman–Crippen MR) is 58.2 cm³/mol. The molecular formula is C11H15NO4. The van der Waals surface area contributed by atoms with Crippen LogP contribution in [0.1, 0.15) is 24.2 Å². The maximum atomic E-state index is 11.6. The minimum absolute atomic E-state index is 0.125. The highest BCUT2D eigenvalue weighted by molar-refractivity contribution is 5.93. The molecule has 0 aliphatic carbocycles. The highest BCUT2D eigenvalue weighted by atomic mass is 16.4. The maximum absolute atomic E-state index is 11.6. The van der Waals surface area contributed by atoms with E-state index in [0.29, 0.717) is 0 Å². The highest BCUT2D eigenvalue weighted by Crippen LogP contribution is 2.03. The highest BCUT2D eigenvalue weighted by Gasteiger charge is 2.16. The average Bonchev–Trinajstić information content (AvgIpc) is 2.26. The van der Waals surface area contributed by atoms with Crippen LogP contribution in [0.15, 0.2) is 27.6 Å². The van der Waals surface area contributed by atoms with Gasteiger partial charge in [-0.25, -0.2) is 4.79 Å². The number of carbonyl (C=O) groups excluding carboxylic acids is 1. The molecule has 0 bridgehead atoms. The fourth-order valence-electron chi connectivity index (χ4n) is 1.16. The van der Waals surface area contributed by atoms with Gasteiger partial charge in [-0.05, 0) is 12.0 Å². The fraction of sp³-hybridized carbons (Fsp3) is 0.455. The molecule has 0 aliphatic rings. The summed E-state index contributed by atoms with van der Waals surface area (Å²) >= 11 is 0. The SMILES string of the molecule is CC(C)[C@@H](CO)NC(=O)c1ccc(=O)oc1. The number of amides is 1. The molecule has 0 radical (unpaired) electrons. The number of hydrogen-bond donors (Lipinski definition) is 2. The third-order valence-corrected chi connectivity index (χ3v) is 2.28. The van der Waals surface area contributed by atoms with Gasteiger partial charge in [0.1, 0.15) is 6.26 Å². The van der Waals surface area contributed by atoms with Crippen molar-refractivity contribution in [3.05, 3.63) is 34.4 Å². The second-order valence-electron chi connectivity index (χ2n) is 3.85. The zero-order chi connectivity index (χ0) is 12.1. The Morgan fingerprint density at radius 1 is 1.50 bits per heavy atom. The number of hydrogen-bond acceptors (Lipinski definition) is 4. The van der Waals surface area contributed by atoms with E-state index in [4.69, 9.17) is 5.11 Å². The zero-order valence-electron chi connectivity index (χ0n) is 9.27. The van der Waals surface area contributed by atoms with Crippen LogP contribution in [0.4, 0.5) is 0 Å². The molecule has 1 aromatic rings. The first-order valence-electron chi connectivity index (χ1n) is 5.05. The Morgan fingerprint density at radius 3 is 2.62 bits per heavy atom. The van der Waals surface area contributed by atoms with E-state index >= 15 is 0 Å². The van der Waals surface area contributed by atoms with Crippen LogP contribution in [0.25, 0.3) is 0 Å². The summed E-state index contributed by atoms with van der Waals surface area (Å²) < 4.78 is 4.58. The molecule has 1 aromatic heterocycles. The van der Waals surface area contributed by atoms with Gasteiger partial charge < -0.3 is 14.8 Å². The topological polar surface area (TPSA) is 79.5 Å². The van der Waals surface area contributed by atoms with Gasteiger partial charge in [-0.1, -0.05) is 13.8 Å². The molecule has 2 N–H and O–H groups in total. The average molecular weight is 225 g/mol. The largest absolute Gasteiger partial charge is 0.430 e. The van der Waals surface area contributed by atoms with E-state index in [1.54, 1.807) is 0 Å². The summed E-state index contributed by atoms with van der Waals surface area (Å²) in [7, 11) is 0. The lowest BCUT2D eigenvalue weighted by Crippen LogP contribution is -2.41. The molecule has 1 atom stereocenters. The minimum atomic E-state index is -0.501. The lowest BCUT2D eigenvalue weighted by Gasteiger charge is -2.19. The van der Waals surface area contributed by atoms with Gasteiger partial charge in [-0.3, -0.25) is 4.79 Å². The van der Waals surface area contributed by atoms with Gasteiger partial charge in [0.25, 0.3) is 5.91 Å². The second-order valence-corrected chi connectivity index (χ2v) is 3.85. The van der Waals surface area contributed by atoms with Gasteiger partial charge in [0, 0.05) is 6.07 Å². The van der Waals surface area contributed by atoms with Crippen molar-refractivity contribution in [2.24, 2.45) is 5.92 Å². The normalized spacial score (nSPS) is 12.5. The maximum Gasteiger partial charge on any atom is 0.335 e. The Bertz CT molecular complexity index is 390.